The third-order valence-corrected chi connectivity index (χ3v) is 4.26. The number of hydrogen-bond acceptors (Lipinski definition) is 4. The second kappa shape index (κ2) is 9.94. The monoisotopic (exact) mass is 305 g/mol. The summed E-state index contributed by atoms with van der Waals surface area (Å²) >= 11 is 0. The third-order valence-electron chi connectivity index (χ3n) is 2.74. The highest BCUT2D eigenvalue weighted by atomic mass is 32.2. The minimum Gasteiger partial charge on any atom is -0.443 e. The number of unbranched alkanes of at least 4 members (excludes halogenated alkanes) is 5. The Bertz CT molecular complexity index is 403. The van der Waals surface area contributed by atoms with Crippen LogP contribution >= 0.6 is 0 Å². The number of hydrogen-bond donors (Lipinski definition) is 1. The van der Waals surface area contributed by atoms with Gasteiger partial charge in [0.05, 0.1) is 5.75 Å². The predicted octanol–water partition coefficient (Wildman–Crippen LogP) is 2.73. The van der Waals surface area contributed by atoms with Gasteiger partial charge < -0.3 is 4.74 Å². The summed E-state index contributed by atoms with van der Waals surface area (Å²) in [6, 6.07) is 0. The largest absolute Gasteiger partial charge is 0.443 e. The second-order valence-electron chi connectivity index (χ2n) is 5.03. The summed E-state index contributed by atoms with van der Waals surface area (Å²) in [6.07, 6.45) is 5.23. The number of rotatable bonds is 11. The first-order valence-corrected chi connectivity index (χ1v) is 8.80. The summed E-state index contributed by atoms with van der Waals surface area (Å²) in [5.41, 5.74) is 0.243. The van der Waals surface area contributed by atoms with Crippen LogP contribution < -0.4 is 4.72 Å². The van der Waals surface area contributed by atoms with Gasteiger partial charge in [-0.15, -0.1) is 0 Å². The van der Waals surface area contributed by atoms with Gasteiger partial charge in [0.1, 0.15) is 0 Å². The van der Waals surface area contributed by atoms with Crippen molar-refractivity contribution in [2.45, 2.75) is 65.5 Å². The summed E-state index contributed by atoms with van der Waals surface area (Å²) in [6.45, 7) is 8.58. The van der Waals surface area contributed by atoms with Gasteiger partial charge in [0, 0.05) is 5.57 Å². The Balaban J connectivity index is 3.94. The van der Waals surface area contributed by atoms with Gasteiger partial charge in [0.25, 0.3) is 0 Å². The summed E-state index contributed by atoms with van der Waals surface area (Å²) in [4.78, 5) is 11.2. The van der Waals surface area contributed by atoms with Crippen molar-refractivity contribution in [2.24, 2.45) is 0 Å². The lowest BCUT2D eigenvalue weighted by Gasteiger charge is -2.15. The smallest absolute Gasteiger partial charge is 0.334 e. The molecular weight excluding hydrogens is 278 g/mol. The SMILES string of the molecule is C=C(C)C(=O)OC(C)NS(=O)(=O)CCCCCCCC. The number of esters is 1. The lowest BCUT2D eigenvalue weighted by Crippen LogP contribution is -2.37. The van der Waals surface area contributed by atoms with Crippen LogP contribution in [0.15, 0.2) is 12.2 Å². The Hall–Kier alpha value is -0.880. The second-order valence-corrected chi connectivity index (χ2v) is 6.91. The van der Waals surface area contributed by atoms with E-state index in [1.165, 1.54) is 26.7 Å². The quantitative estimate of drug-likeness (QED) is 0.276. The number of sulfonamides is 1. The van der Waals surface area contributed by atoms with Crippen molar-refractivity contribution in [3.63, 3.8) is 0 Å². The van der Waals surface area contributed by atoms with Crippen molar-refractivity contribution in [3.8, 4) is 0 Å². The van der Waals surface area contributed by atoms with Crippen LogP contribution in [0, 0.1) is 0 Å². The molecule has 0 fully saturated rings. The van der Waals surface area contributed by atoms with Crippen LogP contribution in [0.5, 0.6) is 0 Å². The molecule has 0 heterocycles. The van der Waals surface area contributed by atoms with E-state index in [9.17, 15) is 13.2 Å². The Labute approximate surface area is 122 Å². The molecule has 118 valence electrons. The van der Waals surface area contributed by atoms with Crippen molar-refractivity contribution >= 4 is 16.0 Å². The van der Waals surface area contributed by atoms with Crippen LogP contribution in [0.1, 0.15) is 59.3 Å². The van der Waals surface area contributed by atoms with Crippen molar-refractivity contribution in [2.75, 3.05) is 5.75 Å². The van der Waals surface area contributed by atoms with E-state index in [-0.39, 0.29) is 11.3 Å². The predicted molar refractivity (Wildman–Crippen MR) is 80.7 cm³/mol. The van der Waals surface area contributed by atoms with Crippen molar-refractivity contribution in [1.82, 2.24) is 4.72 Å². The maximum absolute atomic E-state index is 11.8. The van der Waals surface area contributed by atoms with E-state index in [2.05, 4.69) is 18.2 Å². The van der Waals surface area contributed by atoms with Gasteiger partial charge in [-0.2, -0.15) is 4.72 Å². The molecular formula is C14H27NO4S. The maximum atomic E-state index is 11.8. The molecule has 0 aliphatic rings. The maximum Gasteiger partial charge on any atom is 0.334 e. The van der Waals surface area contributed by atoms with Crippen LogP contribution in [0.4, 0.5) is 0 Å². The van der Waals surface area contributed by atoms with Gasteiger partial charge in [-0.1, -0.05) is 45.6 Å². The Morgan fingerprint density at radius 2 is 1.75 bits per heavy atom. The van der Waals surface area contributed by atoms with E-state index in [0.717, 1.165) is 19.3 Å². The molecule has 0 rings (SSSR count). The van der Waals surface area contributed by atoms with E-state index in [0.29, 0.717) is 6.42 Å². The first kappa shape index (κ1) is 19.1. The van der Waals surface area contributed by atoms with Gasteiger partial charge in [-0.25, -0.2) is 13.2 Å². The molecule has 1 unspecified atom stereocenters. The van der Waals surface area contributed by atoms with Crippen molar-refractivity contribution in [3.05, 3.63) is 12.2 Å². The zero-order valence-electron chi connectivity index (χ0n) is 12.8. The van der Waals surface area contributed by atoms with Crippen LogP contribution in [0.3, 0.4) is 0 Å². The van der Waals surface area contributed by atoms with Crippen LogP contribution in [0.2, 0.25) is 0 Å². The molecule has 0 saturated carbocycles. The van der Waals surface area contributed by atoms with Gasteiger partial charge in [-0.3, -0.25) is 0 Å². The standard InChI is InChI=1S/C14H27NO4S/c1-5-6-7-8-9-10-11-20(17,18)15-13(4)19-14(16)12(2)3/h13,15H,2,5-11H2,1,3-4H3. The third kappa shape index (κ3) is 9.97. The number of ether oxygens (including phenoxy) is 1. The van der Waals surface area contributed by atoms with Gasteiger partial charge in [-0.05, 0) is 20.3 Å². The highest BCUT2D eigenvalue weighted by molar-refractivity contribution is 7.89. The van der Waals surface area contributed by atoms with Crippen LogP contribution in [-0.2, 0) is 19.6 Å². The van der Waals surface area contributed by atoms with Crippen molar-refractivity contribution < 1.29 is 17.9 Å². The number of carbonyl (C=O) groups is 1. The minimum atomic E-state index is -3.40. The van der Waals surface area contributed by atoms with E-state index < -0.39 is 22.2 Å². The number of nitrogens with one attached hydrogen (secondary N) is 1. The lowest BCUT2D eigenvalue weighted by atomic mass is 10.1. The molecule has 1 N–H and O–H groups in total. The highest BCUT2D eigenvalue weighted by Gasteiger charge is 2.17. The Morgan fingerprint density at radius 1 is 1.20 bits per heavy atom. The minimum absolute atomic E-state index is 0.0636. The molecule has 0 aliphatic carbocycles. The fourth-order valence-electron chi connectivity index (χ4n) is 1.67. The molecule has 0 aromatic carbocycles. The molecule has 0 aromatic heterocycles. The van der Waals surface area contributed by atoms with Gasteiger partial charge in [0.15, 0.2) is 6.23 Å². The summed E-state index contributed by atoms with van der Waals surface area (Å²) < 4.78 is 30.7. The summed E-state index contributed by atoms with van der Waals surface area (Å²) in [5, 5.41) is 0. The molecule has 6 heteroatoms. The first-order chi connectivity index (χ1) is 9.28. The zero-order valence-corrected chi connectivity index (χ0v) is 13.6. The van der Waals surface area contributed by atoms with Crippen LogP contribution in [0.25, 0.3) is 0 Å². The van der Waals surface area contributed by atoms with E-state index in [1.54, 1.807) is 0 Å². The van der Waals surface area contributed by atoms with Crippen molar-refractivity contribution in [1.29, 1.82) is 0 Å². The highest BCUT2D eigenvalue weighted by Crippen LogP contribution is 2.06. The molecule has 0 aromatic rings. The average Bonchev–Trinajstić information content (AvgIpc) is 2.32. The van der Waals surface area contributed by atoms with Crippen LogP contribution in [-0.4, -0.2) is 26.4 Å². The first-order valence-electron chi connectivity index (χ1n) is 7.15. The molecule has 5 nitrogen and oxygen atoms in total. The fraction of sp³-hybridized carbons (Fsp3) is 0.786. The topological polar surface area (TPSA) is 72.5 Å². The molecule has 0 amide bonds. The zero-order chi connectivity index (χ0) is 15.6. The van der Waals surface area contributed by atoms with Gasteiger partial charge >= 0.3 is 5.97 Å². The molecule has 1 atom stereocenters. The Morgan fingerprint density at radius 3 is 2.30 bits per heavy atom. The van der Waals surface area contributed by atoms with E-state index >= 15 is 0 Å². The average molecular weight is 305 g/mol. The number of carbonyl (C=O) groups excluding carboxylic acids is 1. The van der Waals surface area contributed by atoms with E-state index in [4.69, 9.17) is 4.74 Å². The molecule has 0 radical (unpaired) electrons. The molecule has 20 heavy (non-hydrogen) atoms. The lowest BCUT2D eigenvalue weighted by molar-refractivity contribution is -0.143. The normalized spacial score (nSPS) is 12.9. The van der Waals surface area contributed by atoms with Gasteiger partial charge in [0.2, 0.25) is 10.0 Å². The fourth-order valence-corrected chi connectivity index (χ4v) is 2.93. The molecule has 0 bridgehead atoms. The molecule has 0 spiro atoms. The summed E-state index contributed by atoms with van der Waals surface area (Å²) in [5.74, 6) is -0.534. The molecule has 0 saturated heterocycles. The Kier molecular flexibility index (Phi) is 9.50. The summed E-state index contributed by atoms with van der Waals surface area (Å²) in [7, 11) is -3.40. The van der Waals surface area contributed by atoms with E-state index in [1.807, 2.05) is 0 Å². The molecule has 0 aliphatic heterocycles.